The summed E-state index contributed by atoms with van der Waals surface area (Å²) in [7, 11) is 11.3. The van der Waals surface area contributed by atoms with E-state index >= 15 is 0 Å². The first kappa shape index (κ1) is 43.5. The Morgan fingerprint density at radius 2 is 0.643 bits per heavy atom. The Morgan fingerprint density at radius 3 is 0.857 bits per heavy atom. The van der Waals surface area contributed by atoms with Crippen molar-refractivity contribution in [3.63, 3.8) is 0 Å². The van der Waals surface area contributed by atoms with Crippen LogP contribution in [0.4, 0.5) is 22.7 Å². The van der Waals surface area contributed by atoms with Crippen LogP contribution in [-0.4, -0.2) is 30.8 Å². The first-order valence-electron chi connectivity index (χ1n) is 19.5. The summed E-state index contributed by atoms with van der Waals surface area (Å²) in [4.78, 5) is 9.62. The van der Waals surface area contributed by atoms with Crippen molar-refractivity contribution in [1.82, 2.24) is 0 Å². The van der Waals surface area contributed by atoms with E-state index in [2.05, 4.69) is 165 Å². The third kappa shape index (κ3) is 10.9. The van der Waals surface area contributed by atoms with E-state index in [1.165, 1.54) is 89.5 Å². The predicted octanol–water partition coefficient (Wildman–Crippen LogP) is 12.7. The molecule has 7 rings (SSSR count). The van der Waals surface area contributed by atoms with Crippen molar-refractivity contribution in [3.05, 3.63) is 165 Å². The second-order valence-electron chi connectivity index (χ2n) is 15.7. The molecule has 5 aromatic rings. The van der Waals surface area contributed by atoms with E-state index in [1.807, 2.05) is 34.9 Å². The molecule has 0 spiro atoms. The molecule has 0 aromatic heterocycles. The van der Waals surface area contributed by atoms with E-state index in [9.17, 15) is 0 Å². The van der Waals surface area contributed by atoms with Crippen LogP contribution in [0.15, 0.2) is 78.9 Å². The molecule has 300 valence electrons. The van der Waals surface area contributed by atoms with Crippen LogP contribution in [0.5, 0.6) is 0 Å². The molecule has 5 aromatic carbocycles. The van der Waals surface area contributed by atoms with Gasteiger partial charge in [-0.2, -0.15) is 13.3 Å². The molecule has 0 atom stereocenters. The monoisotopic (exact) mass is 876 g/mol. The molecule has 0 aliphatic carbocycles. The van der Waals surface area contributed by atoms with Gasteiger partial charge >= 0.3 is 73.4 Å². The zero-order valence-corrected chi connectivity index (χ0v) is 38.7. The van der Waals surface area contributed by atoms with Crippen molar-refractivity contribution < 1.29 is 13.5 Å². The van der Waals surface area contributed by atoms with Gasteiger partial charge in [0.2, 0.25) is 0 Å². The minimum absolute atomic E-state index is 1.04. The number of hydrogen-bond acceptors (Lipinski definition) is 4. The molecule has 2 aliphatic heterocycles. The number of halogens is 2. The van der Waals surface area contributed by atoms with Crippen molar-refractivity contribution in [2.24, 2.45) is 0 Å². The van der Waals surface area contributed by atoms with Gasteiger partial charge in [0, 0.05) is 48.9 Å². The van der Waals surface area contributed by atoms with E-state index < -0.39 is 13.5 Å². The van der Waals surface area contributed by atoms with Crippen LogP contribution < -0.4 is 19.6 Å². The molecule has 0 amide bonds. The minimum atomic E-state index is -1.61. The molecule has 4 nitrogen and oxygen atoms in total. The van der Waals surface area contributed by atoms with Gasteiger partial charge in [-0.25, -0.2) is 0 Å². The van der Waals surface area contributed by atoms with Crippen LogP contribution in [0, 0.1) is 96.4 Å². The van der Waals surface area contributed by atoms with Gasteiger partial charge in [-0.05, 0) is 128 Å². The fourth-order valence-corrected chi connectivity index (χ4v) is 10.6. The molecule has 2 aliphatic rings. The molecule has 0 N–H and O–H groups in total. The van der Waals surface area contributed by atoms with Crippen molar-refractivity contribution >= 4 is 46.7 Å². The quantitative estimate of drug-likeness (QED) is 0.129. The van der Waals surface area contributed by atoms with Crippen LogP contribution in [-0.2, 0) is 13.5 Å². The number of anilines is 4. The number of aryl methyl sites for hydroxylation is 12. The van der Waals surface area contributed by atoms with Gasteiger partial charge in [-0.15, -0.1) is 0 Å². The Labute approximate surface area is 351 Å². The maximum absolute atomic E-state index is 5.67. The summed E-state index contributed by atoms with van der Waals surface area (Å²) in [5, 5.41) is 0. The van der Waals surface area contributed by atoms with Gasteiger partial charge in [-0.1, -0.05) is 70.8 Å². The van der Waals surface area contributed by atoms with Crippen molar-refractivity contribution in [1.29, 1.82) is 0 Å². The SMILES string of the molecule is Cc1cc(C)c(N2[CH-]N(c3c(C)cc(C)cc3C)CC2)c(C)c1.Cc1cc(C)c(N2[CH-]N(c3c(C)cc(C)cc3C)CC2)c(C)c1.[Cl][Ru]([Cl])=[CH]c1ccccc1. The third-order valence-corrected chi connectivity index (χ3v) is 12.3. The molecule has 2 fully saturated rings. The topological polar surface area (TPSA) is 13.0 Å². The third-order valence-electron chi connectivity index (χ3n) is 10.4. The van der Waals surface area contributed by atoms with Gasteiger partial charge < -0.3 is 19.6 Å². The normalized spacial score (nSPS) is 14.0. The Bertz CT molecular complexity index is 1840. The van der Waals surface area contributed by atoms with Gasteiger partial charge in [0.15, 0.2) is 0 Å². The van der Waals surface area contributed by atoms with Gasteiger partial charge in [-0.3, -0.25) is 0 Å². The molecule has 2 saturated heterocycles. The Balaban J connectivity index is 0.000000173. The van der Waals surface area contributed by atoms with E-state index in [0.717, 1.165) is 31.7 Å². The second-order valence-corrected chi connectivity index (χ2v) is 21.4. The van der Waals surface area contributed by atoms with Crippen LogP contribution in [0.25, 0.3) is 0 Å². The Hall–Kier alpha value is -3.63. The fourth-order valence-electron chi connectivity index (χ4n) is 8.79. The Kier molecular flexibility index (Phi) is 14.9. The van der Waals surface area contributed by atoms with Crippen molar-refractivity contribution in [2.45, 2.75) is 83.1 Å². The Morgan fingerprint density at radius 1 is 0.411 bits per heavy atom. The van der Waals surface area contributed by atoms with Crippen LogP contribution in [0.3, 0.4) is 0 Å². The molecule has 2 heterocycles. The molecule has 56 heavy (non-hydrogen) atoms. The fraction of sp³-hybridized carbons (Fsp3) is 0.327. The summed E-state index contributed by atoms with van der Waals surface area (Å²) in [6, 6.07) is 28.1. The first-order valence-corrected chi connectivity index (χ1v) is 25.0. The number of hydrogen-bond donors (Lipinski definition) is 0. The average molecular weight is 877 g/mol. The zero-order chi connectivity index (χ0) is 40.8. The molecule has 0 radical (unpaired) electrons. The van der Waals surface area contributed by atoms with E-state index in [4.69, 9.17) is 19.4 Å². The molecule has 0 bridgehead atoms. The van der Waals surface area contributed by atoms with Crippen LogP contribution in [0.2, 0.25) is 0 Å². The maximum atomic E-state index is 5.67. The molecule has 0 unspecified atom stereocenters. The van der Waals surface area contributed by atoms with Crippen molar-refractivity contribution in [2.75, 3.05) is 45.8 Å². The van der Waals surface area contributed by atoms with E-state index in [1.54, 1.807) is 0 Å². The summed E-state index contributed by atoms with van der Waals surface area (Å²) in [5.74, 6) is 0. The molecular formula is C49H60Cl2N4Ru-2. The summed E-state index contributed by atoms with van der Waals surface area (Å²) in [6.45, 7) is 35.1. The summed E-state index contributed by atoms with van der Waals surface area (Å²) < 4.78 is 1.92. The van der Waals surface area contributed by atoms with Gasteiger partial charge in [0.05, 0.1) is 0 Å². The average Bonchev–Trinajstić information content (AvgIpc) is 3.74. The van der Waals surface area contributed by atoms with Crippen molar-refractivity contribution in [3.8, 4) is 0 Å². The van der Waals surface area contributed by atoms with Gasteiger partial charge in [0.1, 0.15) is 0 Å². The second kappa shape index (κ2) is 19.2. The number of benzene rings is 5. The number of nitrogens with zero attached hydrogens (tertiary/aromatic N) is 4. The summed E-state index contributed by atoms with van der Waals surface area (Å²) in [5.41, 5.74) is 22.8. The predicted molar refractivity (Wildman–Crippen MR) is 244 cm³/mol. The zero-order valence-electron chi connectivity index (χ0n) is 35.5. The van der Waals surface area contributed by atoms with Crippen LogP contribution in [0.1, 0.15) is 72.3 Å². The first-order chi connectivity index (χ1) is 26.5. The van der Waals surface area contributed by atoms with Gasteiger partial charge in [0.25, 0.3) is 0 Å². The standard InChI is InChI=1S/2C21H27N2.C7H6.2ClH.Ru/c2*1-14-9-16(3)20(17(4)10-14)22-7-8-23(13-22)21-18(5)11-15(2)12-19(21)6;1-7-5-3-2-4-6-7;;;/h2*9-13H,7-8H2,1-6H3;1-6H;2*1H;/q2*-1;;;;+2/p-2. The summed E-state index contributed by atoms with van der Waals surface area (Å²) >= 11 is -1.61. The van der Waals surface area contributed by atoms with E-state index in [0.29, 0.717) is 0 Å². The molecule has 7 heteroatoms. The number of rotatable bonds is 5. The van der Waals surface area contributed by atoms with E-state index in [-0.39, 0.29) is 0 Å². The molecule has 0 saturated carbocycles. The van der Waals surface area contributed by atoms with Crippen LogP contribution >= 0.6 is 19.4 Å². The summed E-state index contributed by atoms with van der Waals surface area (Å²) in [6.07, 6.45) is 0. The molecular weight excluding hydrogens is 817 g/mol.